The molecule has 2 N–H and O–H groups in total. The van der Waals surface area contributed by atoms with Gasteiger partial charge in [-0.15, -0.1) is 0 Å². The van der Waals surface area contributed by atoms with Crippen molar-refractivity contribution >= 4 is 40.1 Å². The molecule has 0 aliphatic carbocycles. The summed E-state index contributed by atoms with van der Waals surface area (Å²) in [4.78, 5) is 11.6. The number of benzene rings is 1. The molecule has 0 radical (unpaired) electrons. The van der Waals surface area contributed by atoms with Gasteiger partial charge < -0.3 is 9.67 Å². The van der Waals surface area contributed by atoms with Gasteiger partial charge in [0.1, 0.15) is 0 Å². The largest absolute Gasteiger partial charge is 0.481 e. The van der Waals surface area contributed by atoms with E-state index in [9.17, 15) is 9.90 Å². The van der Waals surface area contributed by atoms with Gasteiger partial charge in [0.25, 0.3) is 0 Å². The van der Waals surface area contributed by atoms with Crippen molar-refractivity contribution in [3.8, 4) is 11.1 Å². The van der Waals surface area contributed by atoms with Crippen LogP contribution in [-0.2, 0) is 17.8 Å². The molecule has 3 heterocycles. The molecule has 1 unspecified atom stereocenters. The van der Waals surface area contributed by atoms with Crippen molar-refractivity contribution in [1.82, 2.24) is 14.8 Å². The lowest BCUT2D eigenvalue weighted by molar-refractivity contribution is -0.141. The third-order valence-corrected chi connectivity index (χ3v) is 5.53. The molecule has 2 aromatic heterocycles. The summed E-state index contributed by atoms with van der Waals surface area (Å²) in [5.74, 6) is -1.15. The van der Waals surface area contributed by atoms with E-state index < -0.39 is 11.9 Å². The average molecular weight is 364 g/mol. The molecule has 1 aromatic carbocycles. The van der Waals surface area contributed by atoms with Gasteiger partial charge in [-0.1, -0.05) is 29.3 Å². The van der Waals surface area contributed by atoms with Crippen molar-refractivity contribution in [2.75, 3.05) is 0 Å². The Kier molecular flexibility index (Phi) is 3.77. The molecule has 0 amide bonds. The molecule has 1 aliphatic heterocycles. The Morgan fingerprint density at radius 3 is 2.92 bits per heavy atom. The van der Waals surface area contributed by atoms with E-state index in [1.54, 1.807) is 12.3 Å². The fourth-order valence-corrected chi connectivity index (χ4v) is 4.06. The molecule has 124 valence electrons. The second-order valence-corrected chi connectivity index (χ2v) is 6.88. The van der Waals surface area contributed by atoms with E-state index in [1.165, 1.54) is 0 Å². The summed E-state index contributed by atoms with van der Waals surface area (Å²) in [6.45, 7) is 0.730. The maximum atomic E-state index is 11.6. The normalized spacial score (nSPS) is 17.7. The first-order chi connectivity index (χ1) is 11.6. The Labute approximate surface area is 148 Å². The summed E-state index contributed by atoms with van der Waals surface area (Å²) in [5.41, 5.74) is 3.78. The number of aromatic amines is 1. The van der Waals surface area contributed by atoms with E-state index >= 15 is 0 Å². The highest BCUT2D eigenvalue weighted by atomic mass is 35.5. The minimum absolute atomic E-state index is 0.393. The number of nitrogens with zero attached hydrogens (tertiary/aromatic N) is 2. The summed E-state index contributed by atoms with van der Waals surface area (Å²) in [6.07, 6.45) is 5.49. The Morgan fingerprint density at radius 2 is 2.21 bits per heavy atom. The van der Waals surface area contributed by atoms with Crippen LogP contribution in [0.2, 0.25) is 10.0 Å². The second kappa shape index (κ2) is 5.83. The number of aryl methyl sites for hydroxylation is 1. The van der Waals surface area contributed by atoms with Crippen LogP contribution >= 0.6 is 23.2 Å². The van der Waals surface area contributed by atoms with E-state index in [0.717, 1.165) is 40.7 Å². The number of nitrogens with one attached hydrogen (secondary N) is 1. The molecule has 0 saturated carbocycles. The number of H-pyrrole nitrogens is 1. The van der Waals surface area contributed by atoms with Gasteiger partial charge in [-0.2, -0.15) is 5.10 Å². The lowest BCUT2D eigenvalue weighted by Crippen LogP contribution is -2.15. The molecule has 1 aliphatic rings. The van der Waals surface area contributed by atoms with Gasteiger partial charge in [-0.05, 0) is 18.9 Å². The van der Waals surface area contributed by atoms with Gasteiger partial charge in [0.15, 0.2) is 0 Å². The van der Waals surface area contributed by atoms with Crippen molar-refractivity contribution in [1.29, 1.82) is 0 Å². The molecule has 0 bridgehead atoms. The number of aliphatic carboxylic acids is 1. The fraction of sp³-hybridized carbons (Fsp3) is 0.294. The molecular weight excluding hydrogens is 349 g/mol. The molecule has 0 spiro atoms. The van der Waals surface area contributed by atoms with Gasteiger partial charge in [0.2, 0.25) is 0 Å². The van der Waals surface area contributed by atoms with Crippen LogP contribution in [0.15, 0.2) is 24.5 Å². The number of carboxylic acids is 1. The molecule has 1 atom stereocenters. The van der Waals surface area contributed by atoms with Crippen LogP contribution in [0.4, 0.5) is 0 Å². The second-order valence-electron chi connectivity index (χ2n) is 6.10. The summed E-state index contributed by atoms with van der Waals surface area (Å²) >= 11 is 12.7. The molecule has 5 nitrogen and oxygen atoms in total. The number of aromatic nitrogens is 3. The van der Waals surface area contributed by atoms with Crippen molar-refractivity contribution in [3.05, 3.63) is 40.3 Å². The number of hydrogen-bond acceptors (Lipinski definition) is 2. The van der Waals surface area contributed by atoms with Crippen LogP contribution in [0.3, 0.4) is 0 Å². The average Bonchev–Trinajstić information content (AvgIpc) is 3.11. The van der Waals surface area contributed by atoms with Crippen LogP contribution in [0.25, 0.3) is 22.0 Å². The van der Waals surface area contributed by atoms with E-state index in [4.69, 9.17) is 23.2 Å². The van der Waals surface area contributed by atoms with Crippen LogP contribution in [0.5, 0.6) is 0 Å². The van der Waals surface area contributed by atoms with Crippen molar-refractivity contribution in [3.63, 3.8) is 0 Å². The first-order valence-electron chi connectivity index (χ1n) is 7.79. The maximum absolute atomic E-state index is 11.6. The van der Waals surface area contributed by atoms with Crippen LogP contribution < -0.4 is 0 Å². The van der Waals surface area contributed by atoms with Gasteiger partial charge in [0, 0.05) is 41.4 Å². The summed E-state index contributed by atoms with van der Waals surface area (Å²) in [6, 6.07) is 3.73. The predicted octanol–water partition coefficient (Wildman–Crippen LogP) is 4.38. The van der Waals surface area contributed by atoms with Gasteiger partial charge >= 0.3 is 5.97 Å². The first-order valence-corrected chi connectivity index (χ1v) is 8.54. The lowest BCUT2D eigenvalue weighted by Gasteiger charge is -2.10. The SMILES string of the molecule is O=C(O)C1CCCn2c(c(-c3cn[nH]c3)c3ccc(Cl)c(Cl)c32)C1. The zero-order valence-electron chi connectivity index (χ0n) is 12.7. The third kappa shape index (κ3) is 2.31. The molecule has 3 aromatic rings. The van der Waals surface area contributed by atoms with Crippen LogP contribution in [-0.4, -0.2) is 25.8 Å². The number of carboxylic acid groups (broad SMARTS) is 1. The molecule has 7 heteroatoms. The number of halogens is 2. The molecular formula is C17H15Cl2N3O2. The van der Waals surface area contributed by atoms with Crippen molar-refractivity contribution in [2.24, 2.45) is 5.92 Å². The fourth-order valence-electron chi connectivity index (χ4n) is 3.64. The van der Waals surface area contributed by atoms with Gasteiger partial charge in [-0.25, -0.2) is 0 Å². The topological polar surface area (TPSA) is 70.9 Å². The smallest absolute Gasteiger partial charge is 0.306 e. The maximum Gasteiger partial charge on any atom is 0.306 e. The standard InChI is InChI=1S/C17H15Cl2N3O2/c18-12-4-3-11-14(10-7-20-21-8-10)13-6-9(17(23)24)2-1-5-22(13)16(11)15(12)19/h3-4,7-9H,1-2,5-6H2,(H,20,21)(H,23,24). The highest BCUT2D eigenvalue weighted by Gasteiger charge is 2.29. The first kappa shape index (κ1) is 15.5. The number of hydrogen-bond donors (Lipinski definition) is 2. The third-order valence-electron chi connectivity index (χ3n) is 4.73. The summed E-state index contributed by atoms with van der Waals surface area (Å²) in [7, 11) is 0. The Bertz CT molecular complexity index is 931. The monoisotopic (exact) mass is 363 g/mol. The van der Waals surface area contributed by atoms with E-state index in [2.05, 4.69) is 14.8 Å². The molecule has 0 fully saturated rings. The molecule has 0 saturated heterocycles. The highest BCUT2D eigenvalue weighted by molar-refractivity contribution is 6.45. The van der Waals surface area contributed by atoms with E-state index in [0.29, 0.717) is 22.9 Å². The number of carbonyl (C=O) groups is 1. The molecule has 4 rings (SSSR count). The van der Waals surface area contributed by atoms with Gasteiger partial charge in [0.05, 0.1) is 27.7 Å². The van der Waals surface area contributed by atoms with Gasteiger partial charge in [-0.3, -0.25) is 9.89 Å². The van der Waals surface area contributed by atoms with Crippen molar-refractivity contribution < 1.29 is 9.90 Å². The summed E-state index contributed by atoms with van der Waals surface area (Å²) < 4.78 is 2.13. The van der Waals surface area contributed by atoms with Crippen LogP contribution in [0.1, 0.15) is 18.5 Å². The molecule has 24 heavy (non-hydrogen) atoms. The number of rotatable bonds is 2. The van der Waals surface area contributed by atoms with E-state index in [1.807, 2.05) is 12.3 Å². The lowest BCUT2D eigenvalue weighted by atomic mass is 9.95. The zero-order valence-corrected chi connectivity index (χ0v) is 14.2. The van der Waals surface area contributed by atoms with E-state index in [-0.39, 0.29) is 0 Å². The highest BCUT2D eigenvalue weighted by Crippen LogP contribution is 2.42. The van der Waals surface area contributed by atoms with Crippen molar-refractivity contribution in [2.45, 2.75) is 25.8 Å². The Balaban J connectivity index is 2.06. The summed E-state index contributed by atoms with van der Waals surface area (Å²) in [5, 5.41) is 18.4. The Hall–Kier alpha value is -1.98. The van der Waals surface area contributed by atoms with Crippen LogP contribution in [0, 0.1) is 5.92 Å². The minimum atomic E-state index is -0.754. The number of fused-ring (bicyclic) bond motifs is 3. The quantitative estimate of drug-likeness (QED) is 0.709. The zero-order chi connectivity index (χ0) is 16.8. The predicted molar refractivity (Wildman–Crippen MR) is 93.6 cm³/mol. The minimum Gasteiger partial charge on any atom is -0.481 e. The Morgan fingerprint density at radius 1 is 1.38 bits per heavy atom.